The number of carbonyl (C=O) groups excluding carboxylic acids is 1. The molecule has 0 aromatic heterocycles. The number of rotatable bonds is 2. The molecule has 1 atom stereocenters. The molecule has 0 bridgehead atoms. The Morgan fingerprint density at radius 2 is 2.08 bits per heavy atom. The molecule has 6 nitrogen and oxygen atoms in total. The van der Waals surface area contributed by atoms with Gasteiger partial charge in [0.15, 0.2) is 0 Å². The van der Waals surface area contributed by atoms with E-state index in [4.69, 9.17) is 5.11 Å². The summed E-state index contributed by atoms with van der Waals surface area (Å²) < 4.78 is 14.0. The standard InChI is InChI=1S/C16H19BrFN3O3/c1-10-8-19(4-5-20(10)16(23)24)9-15(22)21-3-2-11-6-13(18)12(17)7-14(11)21/h6-7,10H,2-5,8-9H2,1H3,(H,23,24). The number of hydrogen-bond acceptors (Lipinski definition) is 3. The van der Waals surface area contributed by atoms with Gasteiger partial charge in [0.05, 0.1) is 11.0 Å². The molecule has 2 amide bonds. The first-order valence-electron chi connectivity index (χ1n) is 7.87. The fraction of sp³-hybridized carbons (Fsp3) is 0.500. The maximum atomic E-state index is 13.6. The van der Waals surface area contributed by atoms with Gasteiger partial charge in [-0.3, -0.25) is 9.69 Å². The lowest BCUT2D eigenvalue weighted by Crippen LogP contribution is -2.55. The maximum absolute atomic E-state index is 13.6. The fourth-order valence-electron chi connectivity index (χ4n) is 3.38. The lowest BCUT2D eigenvalue weighted by atomic mass is 10.1. The summed E-state index contributed by atoms with van der Waals surface area (Å²) in [5.41, 5.74) is 1.60. The molecule has 1 unspecified atom stereocenters. The normalized spacial score (nSPS) is 21.0. The van der Waals surface area contributed by atoms with E-state index in [0.29, 0.717) is 37.1 Å². The number of hydrogen-bond donors (Lipinski definition) is 1. The smallest absolute Gasteiger partial charge is 0.407 e. The van der Waals surface area contributed by atoms with Crippen LogP contribution in [-0.2, 0) is 11.2 Å². The van der Waals surface area contributed by atoms with Crippen LogP contribution in [0.15, 0.2) is 16.6 Å². The van der Waals surface area contributed by atoms with E-state index >= 15 is 0 Å². The van der Waals surface area contributed by atoms with E-state index in [1.807, 2.05) is 11.8 Å². The molecule has 0 aliphatic carbocycles. The molecule has 1 fully saturated rings. The van der Waals surface area contributed by atoms with Crippen LogP contribution >= 0.6 is 15.9 Å². The number of carbonyl (C=O) groups is 2. The van der Waals surface area contributed by atoms with Gasteiger partial charge in [-0.2, -0.15) is 0 Å². The molecule has 2 aliphatic heterocycles. The summed E-state index contributed by atoms with van der Waals surface area (Å²) in [5.74, 6) is -0.357. The van der Waals surface area contributed by atoms with Crippen molar-refractivity contribution >= 4 is 33.6 Å². The summed E-state index contributed by atoms with van der Waals surface area (Å²) in [6, 6.07) is 2.99. The first-order chi connectivity index (χ1) is 11.4. The van der Waals surface area contributed by atoms with Crippen LogP contribution < -0.4 is 4.90 Å². The van der Waals surface area contributed by atoms with Gasteiger partial charge in [-0.15, -0.1) is 0 Å². The van der Waals surface area contributed by atoms with Gasteiger partial charge in [0.1, 0.15) is 5.82 Å². The predicted molar refractivity (Wildman–Crippen MR) is 90.8 cm³/mol. The van der Waals surface area contributed by atoms with E-state index in [1.54, 1.807) is 11.0 Å². The molecule has 0 radical (unpaired) electrons. The van der Waals surface area contributed by atoms with E-state index in [0.717, 1.165) is 11.3 Å². The fourth-order valence-corrected chi connectivity index (χ4v) is 3.71. The Balaban J connectivity index is 1.66. The Labute approximate surface area is 147 Å². The van der Waals surface area contributed by atoms with Gasteiger partial charge in [0.2, 0.25) is 5.91 Å². The Morgan fingerprint density at radius 3 is 2.75 bits per heavy atom. The van der Waals surface area contributed by atoms with Crippen molar-refractivity contribution in [1.29, 1.82) is 0 Å². The van der Waals surface area contributed by atoms with E-state index in [1.165, 1.54) is 11.0 Å². The Kier molecular flexibility index (Phi) is 4.78. The number of halogens is 2. The minimum atomic E-state index is -0.922. The zero-order chi connectivity index (χ0) is 17.4. The molecule has 1 aromatic carbocycles. The predicted octanol–water partition coefficient (Wildman–Crippen LogP) is 2.16. The molecule has 3 rings (SSSR count). The first-order valence-corrected chi connectivity index (χ1v) is 8.66. The first kappa shape index (κ1) is 17.2. The molecule has 24 heavy (non-hydrogen) atoms. The molecular weight excluding hydrogens is 381 g/mol. The Morgan fingerprint density at radius 1 is 1.33 bits per heavy atom. The van der Waals surface area contributed by atoms with E-state index < -0.39 is 6.09 Å². The van der Waals surface area contributed by atoms with Gasteiger partial charge in [-0.25, -0.2) is 9.18 Å². The molecule has 1 saturated heterocycles. The minimum Gasteiger partial charge on any atom is -0.465 e. The number of fused-ring (bicyclic) bond motifs is 1. The highest BCUT2D eigenvalue weighted by Gasteiger charge is 2.31. The third-order valence-electron chi connectivity index (χ3n) is 4.63. The Bertz CT molecular complexity index is 685. The average Bonchev–Trinajstić information content (AvgIpc) is 2.90. The summed E-state index contributed by atoms with van der Waals surface area (Å²) in [5, 5.41) is 9.10. The van der Waals surface area contributed by atoms with Crippen molar-refractivity contribution in [1.82, 2.24) is 9.80 Å². The van der Waals surface area contributed by atoms with Crippen molar-refractivity contribution < 1.29 is 19.1 Å². The van der Waals surface area contributed by atoms with E-state index in [9.17, 15) is 14.0 Å². The summed E-state index contributed by atoms with van der Waals surface area (Å²) in [6.45, 7) is 4.11. The van der Waals surface area contributed by atoms with Crippen molar-refractivity contribution in [3.8, 4) is 0 Å². The van der Waals surface area contributed by atoms with Gasteiger partial charge in [0.25, 0.3) is 0 Å². The zero-order valence-corrected chi connectivity index (χ0v) is 14.9. The molecule has 0 spiro atoms. The summed E-state index contributed by atoms with van der Waals surface area (Å²) >= 11 is 3.17. The second-order valence-corrected chi connectivity index (χ2v) is 7.10. The quantitative estimate of drug-likeness (QED) is 0.827. The van der Waals surface area contributed by atoms with Gasteiger partial charge in [-0.1, -0.05) is 0 Å². The maximum Gasteiger partial charge on any atom is 0.407 e. The summed E-state index contributed by atoms with van der Waals surface area (Å²) in [7, 11) is 0. The number of nitrogens with zero attached hydrogens (tertiary/aromatic N) is 3. The number of amides is 2. The SMILES string of the molecule is CC1CN(CC(=O)N2CCc3cc(F)c(Br)cc32)CCN1C(=O)O. The summed E-state index contributed by atoms with van der Waals surface area (Å²) in [6.07, 6.45) is -0.275. The van der Waals surface area contributed by atoms with Crippen molar-refractivity contribution in [3.05, 3.63) is 28.0 Å². The van der Waals surface area contributed by atoms with E-state index in [-0.39, 0.29) is 24.3 Å². The van der Waals surface area contributed by atoms with Crippen LogP contribution in [0.4, 0.5) is 14.9 Å². The van der Waals surface area contributed by atoms with Crippen LogP contribution in [0.3, 0.4) is 0 Å². The van der Waals surface area contributed by atoms with Crippen molar-refractivity contribution in [2.24, 2.45) is 0 Å². The van der Waals surface area contributed by atoms with Crippen molar-refractivity contribution in [3.63, 3.8) is 0 Å². The molecule has 2 heterocycles. The minimum absolute atomic E-state index is 0.0387. The lowest BCUT2D eigenvalue weighted by Gasteiger charge is -2.38. The van der Waals surface area contributed by atoms with Crippen molar-refractivity contribution in [2.75, 3.05) is 37.6 Å². The number of benzene rings is 1. The molecule has 1 N–H and O–H groups in total. The highest BCUT2D eigenvalue weighted by atomic mass is 79.9. The molecular formula is C16H19BrFN3O3. The van der Waals surface area contributed by atoms with Gasteiger partial charge < -0.3 is 14.9 Å². The topological polar surface area (TPSA) is 64.1 Å². The van der Waals surface area contributed by atoms with E-state index in [2.05, 4.69) is 15.9 Å². The molecule has 0 saturated carbocycles. The summed E-state index contributed by atoms with van der Waals surface area (Å²) in [4.78, 5) is 28.8. The van der Waals surface area contributed by atoms with Crippen molar-refractivity contribution in [2.45, 2.75) is 19.4 Å². The van der Waals surface area contributed by atoms with Crippen LogP contribution in [-0.4, -0.2) is 65.7 Å². The molecule has 2 aliphatic rings. The molecule has 130 valence electrons. The number of piperazine rings is 1. The third kappa shape index (κ3) is 3.25. The molecule has 8 heteroatoms. The highest BCUT2D eigenvalue weighted by Crippen LogP contribution is 2.33. The van der Waals surface area contributed by atoms with Crippen LogP contribution in [0.1, 0.15) is 12.5 Å². The van der Waals surface area contributed by atoms with Gasteiger partial charge in [0, 0.05) is 37.9 Å². The van der Waals surface area contributed by atoms with Crippen LogP contribution in [0.5, 0.6) is 0 Å². The zero-order valence-electron chi connectivity index (χ0n) is 13.3. The molecule has 1 aromatic rings. The monoisotopic (exact) mass is 399 g/mol. The largest absolute Gasteiger partial charge is 0.465 e. The second kappa shape index (κ2) is 6.68. The van der Waals surface area contributed by atoms with Gasteiger partial charge >= 0.3 is 6.09 Å². The lowest BCUT2D eigenvalue weighted by molar-refractivity contribution is -0.120. The van der Waals surface area contributed by atoms with Crippen LogP contribution in [0.25, 0.3) is 0 Å². The third-order valence-corrected chi connectivity index (χ3v) is 5.24. The number of carboxylic acid groups (broad SMARTS) is 1. The van der Waals surface area contributed by atoms with Crippen LogP contribution in [0.2, 0.25) is 0 Å². The highest BCUT2D eigenvalue weighted by molar-refractivity contribution is 9.10. The van der Waals surface area contributed by atoms with Gasteiger partial charge in [-0.05, 0) is 47.0 Å². The number of anilines is 1. The second-order valence-electron chi connectivity index (χ2n) is 6.25. The Hall–Kier alpha value is -1.67. The van der Waals surface area contributed by atoms with Crippen LogP contribution in [0, 0.1) is 5.82 Å². The average molecular weight is 400 g/mol.